The van der Waals surface area contributed by atoms with Crippen molar-refractivity contribution in [1.82, 2.24) is 20.6 Å². The van der Waals surface area contributed by atoms with Gasteiger partial charge in [-0.3, -0.25) is 5.43 Å². The average Bonchev–Trinajstić information content (AvgIpc) is 3.28. The molecule has 2 atom stereocenters. The molecule has 1 saturated heterocycles. The number of hydrogen-bond acceptors (Lipinski definition) is 7. The molecule has 44 heavy (non-hydrogen) atoms. The summed E-state index contributed by atoms with van der Waals surface area (Å²) in [5.74, 6) is -0.539. The van der Waals surface area contributed by atoms with Crippen molar-refractivity contribution in [2.24, 2.45) is 16.9 Å². The lowest BCUT2D eigenvalue weighted by molar-refractivity contribution is -0.143. The summed E-state index contributed by atoms with van der Waals surface area (Å²) in [6.45, 7) is 2.19. The lowest BCUT2D eigenvalue weighted by Gasteiger charge is -2.39. The number of ether oxygens (including phenoxy) is 2. The first-order chi connectivity index (χ1) is 20.5. The normalized spacial score (nSPS) is 21.5. The molecule has 0 spiro atoms. The molecule has 0 bridgehead atoms. The predicted molar refractivity (Wildman–Crippen MR) is 142 cm³/mol. The first-order valence-electron chi connectivity index (χ1n) is 14.0. The van der Waals surface area contributed by atoms with Gasteiger partial charge in [-0.05, 0) is 67.5 Å². The summed E-state index contributed by atoms with van der Waals surface area (Å²) in [7, 11) is 3.10. The number of guanidine groups is 1. The van der Waals surface area contributed by atoms with Gasteiger partial charge in [-0.25, -0.2) is 5.12 Å². The summed E-state index contributed by atoms with van der Waals surface area (Å²) >= 11 is 0. The zero-order valence-electron chi connectivity index (χ0n) is 24.3. The molecule has 0 radical (unpaired) electrons. The highest BCUT2D eigenvalue weighted by Crippen LogP contribution is 2.41. The van der Waals surface area contributed by atoms with Crippen molar-refractivity contribution in [1.29, 1.82) is 0 Å². The van der Waals surface area contributed by atoms with Gasteiger partial charge in [-0.1, -0.05) is 6.08 Å². The lowest BCUT2D eigenvalue weighted by atomic mass is 9.77. The van der Waals surface area contributed by atoms with Crippen LogP contribution in [0.25, 0.3) is 0 Å². The smallest absolute Gasteiger partial charge is 0.381 e. The zero-order chi connectivity index (χ0) is 32.4. The summed E-state index contributed by atoms with van der Waals surface area (Å²) in [6, 6.07) is 1.23. The van der Waals surface area contributed by atoms with Crippen LogP contribution in [0.1, 0.15) is 42.9 Å². The van der Waals surface area contributed by atoms with Crippen LogP contribution in [-0.2, 0) is 28.4 Å². The first-order valence-corrected chi connectivity index (χ1v) is 14.0. The highest BCUT2D eigenvalue weighted by atomic mass is 19.4. The summed E-state index contributed by atoms with van der Waals surface area (Å²) in [4.78, 5) is 1.33. The minimum atomic E-state index is -5.07. The molecular formula is C28H34F9N5O2. The Morgan fingerprint density at radius 2 is 1.57 bits per heavy atom. The van der Waals surface area contributed by atoms with Crippen LogP contribution in [0.3, 0.4) is 0 Å². The molecule has 0 saturated carbocycles. The van der Waals surface area contributed by atoms with Crippen LogP contribution in [0, 0.1) is 11.8 Å². The third kappa shape index (κ3) is 8.18. The van der Waals surface area contributed by atoms with Crippen molar-refractivity contribution in [3.05, 3.63) is 58.2 Å². The largest absolute Gasteiger partial charge is 0.416 e. The highest BCUT2D eigenvalue weighted by Gasteiger charge is 2.41. The summed E-state index contributed by atoms with van der Waals surface area (Å²) in [6.07, 6.45) is -12.0. The lowest BCUT2D eigenvalue weighted by Crippen LogP contribution is -2.47. The molecule has 246 valence electrons. The van der Waals surface area contributed by atoms with Gasteiger partial charge in [0.25, 0.3) is 0 Å². The van der Waals surface area contributed by atoms with Gasteiger partial charge in [-0.15, -0.1) is 10.2 Å². The van der Waals surface area contributed by atoms with E-state index in [-0.39, 0.29) is 42.0 Å². The van der Waals surface area contributed by atoms with Crippen molar-refractivity contribution in [2.75, 3.05) is 40.5 Å². The maximum Gasteiger partial charge on any atom is 0.416 e. The second kappa shape index (κ2) is 13.2. The van der Waals surface area contributed by atoms with Crippen LogP contribution in [-0.4, -0.2) is 73.8 Å². The van der Waals surface area contributed by atoms with Crippen LogP contribution in [0.4, 0.5) is 39.5 Å². The van der Waals surface area contributed by atoms with Gasteiger partial charge < -0.3 is 14.4 Å². The van der Waals surface area contributed by atoms with Crippen LogP contribution >= 0.6 is 0 Å². The van der Waals surface area contributed by atoms with Gasteiger partial charge in [0, 0.05) is 52.9 Å². The van der Waals surface area contributed by atoms with Crippen molar-refractivity contribution in [3.8, 4) is 0 Å². The Bertz CT molecular complexity index is 1220. The average molecular weight is 644 g/mol. The third-order valence-corrected chi connectivity index (χ3v) is 7.85. The molecule has 2 aliphatic heterocycles. The number of allylic oxidation sites excluding steroid dienone is 3. The van der Waals surface area contributed by atoms with Crippen molar-refractivity contribution in [2.45, 2.75) is 57.4 Å². The van der Waals surface area contributed by atoms with Gasteiger partial charge in [-0.2, -0.15) is 39.5 Å². The van der Waals surface area contributed by atoms with Crippen molar-refractivity contribution >= 4 is 5.96 Å². The van der Waals surface area contributed by atoms with E-state index in [1.807, 2.05) is 0 Å². The molecule has 3 aliphatic rings. The Morgan fingerprint density at radius 1 is 0.955 bits per heavy atom. The van der Waals surface area contributed by atoms with Crippen molar-refractivity contribution < 1.29 is 49.0 Å². The molecule has 16 heteroatoms. The molecule has 4 rings (SSSR count). The summed E-state index contributed by atoms with van der Waals surface area (Å²) < 4.78 is 135. The minimum absolute atomic E-state index is 0.0158. The molecule has 1 aromatic carbocycles. The number of hydrazine groups is 2. The van der Waals surface area contributed by atoms with Crippen LogP contribution in [0.5, 0.6) is 0 Å². The maximum atomic E-state index is 13.9. The molecule has 7 nitrogen and oxygen atoms in total. The van der Waals surface area contributed by atoms with E-state index in [0.29, 0.717) is 44.8 Å². The van der Waals surface area contributed by atoms with Gasteiger partial charge in [0.15, 0.2) is 0 Å². The van der Waals surface area contributed by atoms with Crippen molar-refractivity contribution in [3.63, 3.8) is 0 Å². The Kier molecular flexibility index (Phi) is 10.1. The maximum absolute atomic E-state index is 13.9. The zero-order valence-corrected chi connectivity index (χ0v) is 24.3. The SMILES string of the molecule is CCOC(C1CCOCC1)C1CC=C(C(F)(F)F)C=C1CN(Cc1cc(C(F)(F)F)cc(C(F)(F)F)c1)C1=NN(C)N(C)N1. The number of halogens is 9. The monoisotopic (exact) mass is 643 g/mol. The second-order valence-corrected chi connectivity index (χ2v) is 10.9. The summed E-state index contributed by atoms with van der Waals surface area (Å²) in [5.41, 5.74) is -1.10. The number of nitrogens with one attached hydrogen (secondary N) is 1. The van der Waals surface area contributed by atoms with Gasteiger partial charge >= 0.3 is 18.5 Å². The third-order valence-electron chi connectivity index (χ3n) is 7.85. The number of hydrazone groups is 1. The van der Waals surface area contributed by atoms with Crippen LogP contribution in [0.15, 0.2) is 46.6 Å². The summed E-state index contributed by atoms with van der Waals surface area (Å²) in [5, 5.41) is 7.00. The standard InChI is InChI=1S/C28H34F9N5O2/c1-4-44-24(18-7-9-43-10-8-18)23-6-5-20(26(29,30)31)13-19(23)16-42(25-38-40(2)41(3)39-25)15-17-11-21(27(32,33)34)14-22(12-17)28(35,36)37/h5,11-14,18,23-24H,4,6-10,15-16H2,1-3H3,(H,38,39). The quantitative estimate of drug-likeness (QED) is 0.333. The molecular weight excluding hydrogens is 609 g/mol. The van der Waals surface area contributed by atoms with Crippen LogP contribution < -0.4 is 5.43 Å². The van der Waals surface area contributed by atoms with E-state index < -0.39 is 53.8 Å². The molecule has 2 heterocycles. The topological polar surface area (TPSA) is 52.6 Å². The van der Waals surface area contributed by atoms with E-state index in [0.717, 1.165) is 12.2 Å². The first kappa shape index (κ1) is 33.9. The van der Waals surface area contributed by atoms with E-state index in [1.165, 1.54) is 22.2 Å². The van der Waals surface area contributed by atoms with E-state index in [2.05, 4.69) is 10.5 Å². The van der Waals surface area contributed by atoms with E-state index in [9.17, 15) is 39.5 Å². The molecule has 0 aromatic heterocycles. The Hall–Kier alpha value is -2.98. The Morgan fingerprint density at radius 3 is 2.07 bits per heavy atom. The Balaban J connectivity index is 1.77. The predicted octanol–water partition coefficient (Wildman–Crippen LogP) is 6.36. The van der Waals surface area contributed by atoms with E-state index in [1.54, 1.807) is 14.0 Å². The highest BCUT2D eigenvalue weighted by molar-refractivity contribution is 5.80. The fourth-order valence-corrected chi connectivity index (χ4v) is 5.63. The van der Waals surface area contributed by atoms with E-state index >= 15 is 0 Å². The molecule has 1 N–H and O–H groups in total. The number of hydrogen-bond donors (Lipinski definition) is 1. The molecule has 0 amide bonds. The molecule has 1 fully saturated rings. The number of benzene rings is 1. The number of alkyl halides is 9. The van der Waals surface area contributed by atoms with Gasteiger partial charge in [0.05, 0.1) is 22.8 Å². The minimum Gasteiger partial charge on any atom is -0.381 e. The molecule has 1 aromatic rings. The van der Waals surface area contributed by atoms with E-state index in [4.69, 9.17) is 9.47 Å². The Labute approximate surface area is 248 Å². The van der Waals surface area contributed by atoms with Gasteiger partial charge in [0.1, 0.15) is 0 Å². The number of rotatable bonds is 8. The fourth-order valence-electron chi connectivity index (χ4n) is 5.63. The van der Waals surface area contributed by atoms with Gasteiger partial charge in [0.2, 0.25) is 5.96 Å². The fraction of sp³-hybridized carbons (Fsp3) is 0.607. The van der Waals surface area contributed by atoms with Crippen LogP contribution in [0.2, 0.25) is 0 Å². The second-order valence-electron chi connectivity index (χ2n) is 10.9. The molecule has 2 unspecified atom stereocenters. The number of nitrogens with zero attached hydrogens (tertiary/aromatic N) is 4. The molecule has 1 aliphatic carbocycles.